The molecule has 0 bridgehead atoms. The molecular formula is C34H36N2O6S. The summed E-state index contributed by atoms with van der Waals surface area (Å²) >= 11 is 1.34. The number of anilines is 1. The highest BCUT2D eigenvalue weighted by Crippen LogP contribution is 2.46. The molecule has 0 aliphatic carbocycles. The fourth-order valence-electron chi connectivity index (χ4n) is 5.37. The topological polar surface area (TPSA) is 98.2 Å². The number of fused-ring (bicyclic) bond motifs is 1. The van der Waals surface area contributed by atoms with Gasteiger partial charge in [-0.2, -0.15) is 0 Å². The van der Waals surface area contributed by atoms with Crippen molar-refractivity contribution < 1.29 is 28.9 Å². The van der Waals surface area contributed by atoms with E-state index in [0.29, 0.717) is 46.7 Å². The average Bonchev–Trinajstić information content (AvgIpc) is 3.53. The van der Waals surface area contributed by atoms with E-state index in [0.717, 1.165) is 40.6 Å². The number of Topliss-reactive ketones (excluding diaryl/α,β-unsaturated/α-hetero) is 1. The van der Waals surface area contributed by atoms with Gasteiger partial charge in [0.2, 0.25) is 0 Å². The number of carbonyl (C=O) groups excluding carboxylic acids is 2. The quantitative estimate of drug-likeness (QED) is 0.0823. The average molecular weight is 601 g/mol. The molecule has 1 aromatic heterocycles. The molecule has 9 heteroatoms. The number of carbonyl (C=O) groups is 2. The SMILES string of the molecule is CCCCCOc1ccc(C2/C(=C(\O)c3cccc(OCC)c3)C(=O)C(=O)N2c2nc3c(C)cc(C)cc3s2)cc1OC. The number of ether oxygens (including phenoxy) is 3. The lowest BCUT2D eigenvalue weighted by molar-refractivity contribution is -0.132. The number of rotatable bonds is 11. The van der Waals surface area contributed by atoms with Crippen molar-refractivity contribution in [1.29, 1.82) is 0 Å². The molecule has 1 unspecified atom stereocenters. The number of amides is 1. The van der Waals surface area contributed by atoms with E-state index < -0.39 is 17.7 Å². The Morgan fingerprint density at radius 3 is 2.56 bits per heavy atom. The summed E-state index contributed by atoms with van der Waals surface area (Å²) in [7, 11) is 1.55. The minimum atomic E-state index is -0.958. The van der Waals surface area contributed by atoms with Crippen molar-refractivity contribution in [3.63, 3.8) is 0 Å². The lowest BCUT2D eigenvalue weighted by atomic mass is 9.95. The number of hydrogen-bond donors (Lipinski definition) is 1. The minimum Gasteiger partial charge on any atom is -0.507 e. The first-order valence-electron chi connectivity index (χ1n) is 14.5. The van der Waals surface area contributed by atoms with Crippen LogP contribution in [0.4, 0.5) is 5.13 Å². The second kappa shape index (κ2) is 12.9. The third-order valence-electron chi connectivity index (χ3n) is 7.40. The van der Waals surface area contributed by atoms with Crippen molar-refractivity contribution in [1.82, 2.24) is 4.98 Å². The van der Waals surface area contributed by atoms with Crippen LogP contribution in [0.15, 0.2) is 60.2 Å². The Hall–Kier alpha value is -4.37. The molecule has 224 valence electrons. The molecule has 4 aromatic rings. The van der Waals surface area contributed by atoms with Gasteiger partial charge in [0.05, 0.1) is 42.2 Å². The van der Waals surface area contributed by atoms with Crippen LogP contribution < -0.4 is 19.1 Å². The number of benzene rings is 3. The number of nitrogens with zero attached hydrogens (tertiary/aromatic N) is 2. The highest BCUT2D eigenvalue weighted by atomic mass is 32.1. The Labute approximate surface area is 255 Å². The van der Waals surface area contributed by atoms with E-state index in [1.807, 2.05) is 32.9 Å². The zero-order valence-corrected chi connectivity index (χ0v) is 25.9. The summed E-state index contributed by atoms with van der Waals surface area (Å²) in [4.78, 5) is 33.7. The van der Waals surface area contributed by atoms with Crippen molar-refractivity contribution in [2.45, 2.75) is 53.0 Å². The van der Waals surface area contributed by atoms with Gasteiger partial charge in [-0.05, 0) is 74.2 Å². The normalized spacial score (nSPS) is 16.2. The third-order valence-corrected chi connectivity index (χ3v) is 8.40. The van der Waals surface area contributed by atoms with Crippen LogP contribution in [0.1, 0.15) is 61.4 Å². The number of methoxy groups -OCH3 is 1. The Morgan fingerprint density at radius 2 is 1.81 bits per heavy atom. The highest BCUT2D eigenvalue weighted by molar-refractivity contribution is 7.22. The highest BCUT2D eigenvalue weighted by Gasteiger charge is 2.48. The van der Waals surface area contributed by atoms with Gasteiger partial charge in [0, 0.05) is 5.56 Å². The maximum Gasteiger partial charge on any atom is 0.301 e. The molecule has 43 heavy (non-hydrogen) atoms. The van der Waals surface area contributed by atoms with Gasteiger partial charge < -0.3 is 19.3 Å². The van der Waals surface area contributed by atoms with Crippen LogP contribution in [-0.4, -0.2) is 42.1 Å². The van der Waals surface area contributed by atoms with Crippen molar-refractivity contribution in [3.05, 3.63) is 82.4 Å². The predicted octanol–water partition coefficient (Wildman–Crippen LogP) is 7.52. The van der Waals surface area contributed by atoms with E-state index in [2.05, 4.69) is 6.92 Å². The van der Waals surface area contributed by atoms with Gasteiger partial charge in [0.25, 0.3) is 5.78 Å². The lowest BCUT2D eigenvalue weighted by Gasteiger charge is -2.24. The summed E-state index contributed by atoms with van der Waals surface area (Å²) in [5.74, 6) is -0.279. The molecule has 1 fully saturated rings. The summed E-state index contributed by atoms with van der Waals surface area (Å²) in [6.45, 7) is 8.96. The number of ketones is 1. The largest absolute Gasteiger partial charge is 0.507 e. The van der Waals surface area contributed by atoms with Crippen LogP contribution in [-0.2, 0) is 9.59 Å². The van der Waals surface area contributed by atoms with Crippen LogP contribution in [0.5, 0.6) is 17.2 Å². The summed E-state index contributed by atoms with van der Waals surface area (Å²) in [6.07, 6.45) is 3.05. The van der Waals surface area contributed by atoms with Crippen LogP contribution in [0.3, 0.4) is 0 Å². The molecule has 0 saturated carbocycles. The van der Waals surface area contributed by atoms with Crippen molar-refractivity contribution in [3.8, 4) is 17.2 Å². The third kappa shape index (κ3) is 5.95. The Kier molecular flexibility index (Phi) is 9.01. The Morgan fingerprint density at radius 1 is 1.00 bits per heavy atom. The van der Waals surface area contributed by atoms with Gasteiger partial charge in [-0.3, -0.25) is 14.5 Å². The lowest BCUT2D eigenvalue weighted by Crippen LogP contribution is -2.29. The monoisotopic (exact) mass is 600 g/mol. The molecule has 5 rings (SSSR count). The smallest absolute Gasteiger partial charge is 0.301 e. The van der Waals surface area contributed by atoms with Crippen molar-refractivity contribution >= 4 is 44.1 Å². The number of unbranched alkanes of at least 4 members (excludes halogenated alkanes) is 2. The second-order valence-corrected chi connectivity index (χ2v) is 11.5. The summed E-state index contributed by atoms with van der Waals surface area (Å²) in [5.41, 5.74) is 3.73. The molecule has 1 N–H and O–H groups in total. The van der Waals surface area contributed by atoms with Crippen LogP contribution in [0.2, 0.25) is 0 Å². The molecule has 8 nitrogen and oxygen atoms in total. The first-order chi connectivity index (χ1) is 20.8. The maximum atomic E-state index is 13.8. The number of aromatic nitrogens is 1. The van der Waals surface area contributed by atoms with Gasteiger partial charge >= 0.3 is 5.91 Å². The summed E-state index contributed by atoms with van der Waals surface area (Å²) in [5, 5.41) is 12.0. The van der Waals surface area contributed by atoms with E-state index in [1.54, 1.807) is 49.6 Å². The summed E-state index contributed by atoms with van der Waals surface area (Å²) in [6, 6.07) is 15.3. The predicted molar refractivity (Wildman–Crippen MR) is 170 cm³/mol. The maximum absolute atomic E-state index is 13.8. The second-order valence-electron chi connectivity index (χ2n) is 10.5. The van der Waals surface area contributed by atoms with Crippen LogP contribution in [0.25, 0.3) is 16.0 Å². The molecule has 0 spiro atoms. The molecule has 1 saturated heterocycles. The van der Waals surface area contributed by atoms with E-state index in [1.165, 1.54) is 16.2 Å². The molecule has 2 heterocycles. The fourth-order valence-corrected chi connectivity index (χ4v) is 6.54. The van der Waals surface area contributed by atoms with Gasteiger partial charge in [-0.1, -0.05) is 55.4 Å². The number of aliphatic hydroxyl groups excluding tert-OH is 1. The first kappa shape index (κ1) is 30.1. The molecule has 1 atom stereocenters. The Bertz CT molecular complexity index is 1710. The molecule has 1 aliphatic rings. The zero-order valence-electron chi connectivity index (χ0n) is 25.1. The molecule has 1 aliphatic heterocycles. The number of aliphatic hydroxyl groups is 1. The van der Waals surface area contributed by atoms with E-state index in [9.17, 15) is 14.7 Å². The van der Waals surface area contributed by atoms with Crippen LogP contribution in [0, 0.1) is 13.8 Å². The Balaban J connectivity index is 1.67. The molecular weight excluding hydrogens is 564 g/mol. The molecule has 0 radical (unpaired) electrons. The van der Waals surface area contributed by atoms with Gasteiger partial charge in [-0.25, -0.2) is 4.98 Å². The number of aryl methyl sites for hydroxylation is 2. The number of thiazole rings is 1. The van der Waals surface area contributed by atoms with E-state index in [4.69, 9.17) is 19.2 Å². The fraction of sp³-hybridized carbons (Fsp3) is 0.324. The number of hydrogen-bond acceptors (Lipinski definition) is 8. The minimum absolute atomic E-state index is 0.0375. The van der Waals surface area contributed by atoms with E-state index in [-0.39, 0.29) is 11.3 Å². The zero-order chi connectivity index (χ0) is 30.7. The van der Waals surface area contributed by atoms with Crippen molar-refractivity contribution in [2.75, 3.05) is 25.2 Å². The molecule has 1 amide bonds. The van der Waals surface area contributed by atoms with Crippen molar-refractivity contribution in [2.24, 2.45) is 0 Å². The first-order valence-corrected chi connectivity index (χ1v) is 15.3. The van der Waals surface area contributed by atoms with E-state index >= 15 is 0 Å². The van der Waals surface area contributed by atoms with Gasteiger partial charge in [0.15, 0.2) is 16.6 Å². The standard InChI is InChI=1S/C34H36N2O6S/c1-6-8-9-15-42-25-14-13-22(19-26(25)40-5)30-28(31(37)23-11-10-12-24(18-23)41-7-2)32(38)33(39)36(30)34-35-29-21(4)16-20(3)17-27(29)43-34/h10-14,16-19,30,37H,6-9,15H2,1-5H3/b31-28+. The molecule has 3 aromatic carbocycles. The van der Waals surface area contributed by atoms with Crippen LogP contribution >= 0.6 is 11.3 Å². The summed E-state index contributed by atoms with van der Waals surface area (Å²) < 4.78 is 18.2. The van der Waals surface area contributed by atoms with Gasteiger partial charge in [0.1, 0.15) is 11.5 Å². The van der Waals surface area contributed by atoms with Gasteiger partial charge in [-0.15, -0.1) is 0 Å².